The van der Waals surface area contributed by atoms with Gasteiger partial charge in [0.2, 0.25) is 0 Å². The summed E-state index contributed by atoms with van der Waals surface area (Å²) in [5.74, 6) is -1.87. The molecule has 0 aromatic heterocycles. The van der Waals surface area contributed by atoms with Gasteiger partial charge >= 0.3 is 5.97 Å². The SMILES string of the molecule is O=C(O)c1cc(SCc2ccc(F)cc2Br)ccc1F. The number of carboxylic acids is 1. The molecule has 0 aliphatic carbocycles. The average Bonchev–Trinajstić information content (AvgIpc) is 2.39. The highest BCUT2D eigenvalue weighted by Gasteiger charge is 2.11. The molecule has 0 saturated carbocycles. The van der Waals surface area contributed by atoms with Gasteiger partial charge in [-0.2, -0.15) is 0 Å². The zero-order valence-electron chi connectivity index (χ0n) is 10.1. The van der Waals surface area contributed by atoms with Gasteiger partial charge in [-0.1, -0.05) is 22.0 Å². The lowest BCUT2D eigenvalue weighted by atomic mass is 10.2. The Morgan fingerprint density at radius 3 is 2.60 bits per heavy atom. The number of hydrogen-bond acceptors (Lipinski definition) is 2. The van der Waals surface area contributed by atoms with E-state index < -0.39 is 11.8 Å². The number of rotatable bonds is 4. The second-order valence-corrected chi connectivity index (χ2v) is 5.87. The highest BCUT2D eigenvalue weighted by atomic mass is 79.9. The predicted octanol–water partition coefficient (Wildman–Crippen LogP) is 4.72. The molecule has 0 spiro atoms. The van der Waals surface area contributed by atoms with Gasteiger partial charge in [-0.3, -0.25) is 0 Å². The van der Waals surface area contributed by atoms with Crippen LogP contribution in [0.1, 0.15) is 15.9 Å². The number of hydrogen-bond donors (Lipinski definition) is 1. The standard InChI is InChI=1S/C14H9BrF2O2S/c15-12-5-9(16)2-1-8(12)7-20-10-3-4-13(17)11(6-10)14(18)19/h1-6H,7H2,(H,18,19). The van der Waals surface area contributed by atoms with Crippen LogP contribution in [-0.2, 0) is 5.75 Å². The number of thioether (sulfide) groups is 1. The van der Waals surface area contributed by atoms with E-state index in [-0.39, 0.29) is 11.4 Å². The van der Waals surface area contributed by atoms with Crippen molar-refractivity contribution >= 4 is 33.7 Å². The van der Waals surface area contributed by atoms with Gasteiger partial charge in [-0.15, -0.1) is 11.8 Å². The van der Waals surface area contributed by atoms with Crippen LogP contribution >= 0.6 is 27.7 Å². The highest BCUT2D eigenvalue weighted by molar-refractivity contribution is 9.10. The maximum Gasteiger partial charge on any atom is 0.338 e. The molecular weight excluding hydrogens is 350 g/mol. The van der Waals surface area contributed by atoms with Crippen molar-refractivity contribution in [1.29, 1.82) is 0 Å². The average molecular weight is 359 g/mol. The number of carboxylic acid groups (broad SMARTS) is 1. The van der Waals surface area contributed by atoms with Crippen LogP contribution in [0.25, 0.3) is 0 Å². The fourth-order valence-electron chi connectivity index (χ4n) is 1.56. The summed E-state index contributed by atoms with van der Waals surface area (Å²) < 4.78 is 26.9. The van der Waals surface area contributed by atoms with Crippen LogP contribution in [-0.4, -0.2) is 11.1 Å². The van der Waals surface area contributed by atoms with Crippen LogP contribution in [0.5, 0.6) is 0 Å². The molecule has 0 unspecified atom stereocenters. The molecule has 2 nitrogen and oxygen atoms in total. The monoisotopic (exact) mass is 358 g/mol. The summed E-state index contributed by atoms with van der Waals surface area (Å²) in [4.78, 5) is 11.5. The third-order valence-electron chi connectivity index (χ3n) is 2.58. The first-order valence-corrected chi connectivity index (χ1v) is 7.35. The molecule has 0 saturated heterocycles. The molecule has 0 bridgehead atoms. The zero-order valence-corrected chi connectivity index (χ0v) is 12.5. The Bertz CT molecular complexity index is 662. The molecule has 0 amide bonds. The van der Waals surface area contributed by atoms with Crippen LogP contribution in [0.3, 0.4) is 0 Å². The van der Waals surface area contributed by atoms with Gasteiger partial charge in [0.25, 0.3) is 0 Å². The number of carbonyl (C=O) groups is 1. The van der Waals surface area contributed by atoms with Crippen LogP contribution in [0.4, 0.5) is 8.78 Å². The number of benzene rings is 2. The van der Waals surface area contributed by atoms with Gasteiger partial charge in [0.1, 0.15) is 11.6 Å². The molecule has 6 heteroatoms. The fourth-order valence-corrected chi connectivity index (χ4v) is 3.17. The van der Waals surface area contributed by atoms with E-state index >= 15 is 0 Å². The summed E-state index contributed by atoms with van der Waals surface area (Å²) in [5, 5.41) is 8.85. The minimum Gasteiger partial charge on any atom is -0.478 e. The van der Waals surface area contributed by atoms with Gasteiger partial charge < -0.3 is 5.11 Å². The molecule has 0 aliphatic rings. The van der Waals surface area contributed by atoms with E-state index in [1.54, 1.807) is 6.07 Å². The van der Waals surface area contributed by atoms with Crippen molar-refractivity contribution in [2.75, 3.05) is 0 Å². The molecule has 0 radical (unpaired) electrons. The van der Waals surface area contributed by atoms with E-state index in [4.69, 9.17) is 5.11 Å². The minimum absolute atomic E-state index is 0.333. The largest absolute Gasteiger partial charge is 0.478 e. The van der Waals surface area contributed by atoms with E-state index in [0.717, 1.165) is 11.6 Å². The van der Waals surface area contributed by atoms with E-state index in [2.05, 4.69) is 15.9 Å². The third kappa shape index (κ3) is 3.58. The van der Waals surface area contributed by atoms with Crippen molar-refractivity contribution in [2.45, 2.75) is 10.6 Å². The molecule has 0 aliphatic heterocycles. The molecule has 104 valence electrons. The van der Waals surface area contributed by atoms with Gasteiger partial charge in [0.05, 0.1) is 5.56 Å². The van der Waals surface area contributed by atoms with E-state index in [0.29, 0.717) is 15.1 Å². The van der Waals surface area contributed by atoms with Crippen LogP contribution in [0, 0.1) is 11.6 Å². The van der Waals surface area contributed by atoms with Crippen molar-refractivity contribution in [3.8, 4) is 0 Å². The van der Waals surface area contributed by atoms with Gasteiger partial charge in [0.15, 0.2) is 0 Å². The predicted molar refractivity (Wildman–Crippen MR) is 77.0 cm³/mol. The number of halogens is 3. The first-order valence-electron chi connectivity index (χ1n) is 5.57. The van der Waals surface area contributed by atoms with Crippen molar-refractivity contribution in [1.82, 2.24) is 0 Å². The quantitative estimate of drug-likeness (QED) is 0.803. The van der Waals surface area contributed by atoms with Crippen LogP contribution in [0.15, 0.2) is 45.8 Å². The second-order valence-electron chi connectivity index (χ2n) is 3.97. The summed E-state index contributed by atoms with van der Waals surface area (Å²) in [6, 6.07) is 8.31. The Labute approximate surface area is 126 Å². The lowest BCUT2D eigenvalue weighted by Crippen LogP contribution is -2.00. The molecule has 2 rings (SSSR count). The molecule has 2 aromatic rings. The van der Waals surface area contributed by atoms with Gasteiger partial charge in [-0.05, 0) is 35.9 Å². The molecule has 20 heavy (non-hydrogen) atoms. The Balaban J connectivity index is 2.15. The Morgan fingerprint density at radius 2 is 1.95 bits per heavy atom. The van der Waals surface area contributed by atoms with E-state index in [1.165, 1.54) is 36.0 Å². The van der Waals surface area contributed by atoms with E-state index in [9.17, 15) is 13.6 Å². The first kappa shape index (κ1) is 15.0. The summed E-state index contributed by atoms with van der Waals surface area (Å²) in [6.45, 7) is 0. The van der Waals surface area contributed by atoms with Crippen molar-refractivity contribution in [3.05, 3.63) is 63.6 Å². The summed E-state index contributed by atoms with van der Waals surface area (Å²) >= 11 is 4.61. The first-order chi connectivity index (χ1) is 9.47. The van der Waals surface area contributed by atoms with Gasteiger partial charge in [0, 0.05) is 15.1 Å². The van der Waals surface area contributed by atoms with Crippen molar-refractivity contribution in [3.63, 3.8) is 0 Å². The molecule has 2 aromatic carbocycles. The third-order valence-corrected chi connectivity index (χ3v) is 4.36. The van der Waals surface area contributed by atoms with Crippen LogP contribution < -0.4 is 0 Å². The minimum atomic E-state index is -1.30. The summed E-state index contributed by atoms with van der Waals surface area (Å²) in [5.41, 5.74) is 0.519. The summed E-state index contributed by atoms with van der Waals surface area (Å²) in [6.07, 6.45) is 0. The fraction of sp³-hybridized carbons (Fsp3) is 0.0714. The topological polar surface area (TPSA) is 37.3 Å². The van der Waals surface area contributed by atoms with Crippen molar-refractivity contribution in [2.24, 2.45) is 0 Å². The Kier molecular flexibility index (Phi) is 4.77. The summed E-state index contributed by atoms with van der Waals surface area (Å²) in [7, 11) is 0. The number of aromatic carboxylic acids is 1. The van der Waals surface area contributed by atoms with E-state index in [1.807, 2.05) is 0 Å². The lowest BCUT2D eigenvalue weighted by molar-refractivity contribution is 0.0691. The molecule has 1 N–H and O–H groups in total. The molecule has 0 heterocycles. The van der Waals surface area contributed by atoms with Crippen LogP contribution in [0.2, 0.25) is 0 Å². The highest BCUT2D eigenvalue weighted by Crippen LogP contribution is 2.28. The zero-order chi connectivity index (χ0) is 14.7. The van der Waals surface area contributed by atoms with Crippen molar-refractivity contribution < 1.29 is 18.7 Å². The Morgan fingerprint density at radius 1 is 1.20 bits per heavy atom. The molecular formula is C14H9BrF2O2S. The van der Waals surface area contributed by atoms with Gasteiger partial charge in [-0.25, -0.2) is 13.6 Å². The Hall–Kier alpha value is -1.40. The molecule has 0 fully saturated rings. The smallest absolute Gasteiger partial charge is 0.338 e. The maximum atomic E-state index is 13.3. The normalized spacial score (nSPS) is 10.6. The maximum absolute atomic E-state index is 13.3. The molecule has 0 atom stereocenters. The second kappa shape index (κ2) is 6.37. The lowest BCUT2D eigenvalue weighted by Gasteiger charge is -2.06.